The monoisotopic (exact) mass is 180 g/mol. The molecular weight excluding hydrogens is 168 g/mol. The van der Waals surface area contributed by atoms with Crippen LogP contribution in [0.25, 0.3) is 6.08 Å². The molecule has 0 aliphatic carbocycles. The second kappa shape index (κ2) is 4.61. The number of hydrogen-bond acceptors (Lipinski definition) is 5. The van der Waals surface area contributed by atoms with Crippen LogP contribution >= 0.6 is 0 Å². The van der Waals surface area contributed by atoms with Crippen LogP contribution in [0.15, 0.2) is 6.08 Å². The van der Waals surface area contributed by atoms with Crippen LogP contribution in [-0.4, -0.2) is 32.1 Å². The van der Waals surface area contributed by atoms with E-state index in [0.717, 1.165) is 0 Å². The highest BCUT2D eigenvalue weighted by Gasteiger charge is 2.02. The van der Waals surface area contributed by atoms with E-state index in [2.05, 4.69) is 20.4 Å². The van der Waals surface area contributed by atoms with Gasteiger partial charge in [-0.2, -0.15) is 0 Å². The number of rotatable bonds is 3. The third-order valence-electron chi connectivity index (χ3n) is 1.40. The first-order valence-electron chi connectivity index (χ1n) is 4.08. The summed E-state index contributed by atoms with van der Waals surface area (Å²) in [5.74, 6) is 1.27. The van der Waals surface area contributed by atoms with E-state index in [1.807, 2.05) is 13.8 Å². The van der Waals surface area contributed by atoms with Gasteiger partial charge in [0.2, 0.25) is 0 Å². The molecule has 1 heterocycles. The minimum Gasteiger partial charge on any atom is -0.392 e. The van der Waals surface area contributed by atoms with Gasteiger partial charge in [-0.25, -0.2) is 0 Å². The molecule has 0 aromatic carbocycles. The van der Waals surface area contributed by atoms with Crippen molar-refractivity contribution in [3.05, 3.63) is 17.7 Å². The Morgan fingerprint density at radius 2 is 1.85 bits per heavy atom. The van der Waals surface area contributed by atoms with Gasteiger partial charge < -0.3 is 5.11 Å². The number of aliphatic hydroxyl groups excluding tert-OH is 1. The third kappa shape index (κ3) is 2.87. The highest BCUT2D eigenvalue weighted by atomic mass is 16.2. The molecule has 13 heavy (non-hydrogen) atoms. The first-order chi connectivity index (χ1) is 6.24. The Morgan fingerprint density at radius 1 is 1.23 bits per heavy atom. The van der Waals surface area contributed by atoms with E-state index < -0.39 is 0 Å². The minimum absolute atomic E-state index is 0.0324. The molecule has 0 amide bonds. The zero-order chi connectivity index (χ0) is 9.68. The summed E-state index contributed by atoms with van der Waals surface area (Å²) in [6, 6.07) is 0. The molecule has 1 rings (SSSR count). The lowest BCUT2D eigenvalue weighted by Gasteiger charge is -1.98. The van der Waals surface area contributed by atoms with Crippen molar-refractivity contribution in [2.75, 3.05) is 6.61 Å². The molecule has 5 heteroatoms. The molecule has 0 saturated heterocycles. The van der Waals surface area contributed by atoms with E-state index in [-0.39, 0.29) is 12.5 Å². The molecule has 1 aromatic heterocycles. The van der Waals surface area contributed by atoms with Crippen LogP contribution in [0.2, 0.25) is 0 Å². The van der Waals surface area contributed by atoms with E-state index >= 15 is 0 Å². The summed E-state index contributed by atoms with van der Waals surface area (Å²) in [5, 5.41) is 23.9. The Bertz CT molecular complexity index is 281. The van der Waals surface area contributed by atoms with Crippen LogP contribution in [0.3, 0.4) is 0 Å². The summed E-state index contributed by atoms with van der Waals surface area (Å²) in [4.78, 5) is 0. The van der Waals surface area contributed by atoms with Gasteiger partial charge >= 0.3 is 0 Å². The van der Waals surface area contributed by atoms with E-state index in [0.29, 0.717) is 11.6 Å². The predicted octanol–water partition coefficient (Wildman–Crippen LogP) is 0.396. The molecule has 0 atom stereocenters. The largest absolute Gasteiger partial charge is 0.392 e. The molecule has 1 N–H and O–H groups in total. The van der Waals surface area contributed by atoms with Crippen molar-refractivity contribution in [2.45, 2.75) is 19.8 Å². The summed E-state index contributed by atoms with van der Waals surface area (Å²) >= 11 is 0. The standard InChI is InChI=1S/C8H12N4O/c1-6(2)8-11-9-7(10-12-8)4-3-5-13/h3-4,6,13H,5H2,1-2H3/b4-3+. The second-order valence-electron chi connectivity index (χ2n) is 2.86. The van der Waals surface area contributed by atoms with Gasteiger partial charge in [-0.3, -0.25) is 0 Å². The SMILES string of the molecule is CC(C)c1nnc(/C=C/CO)nn1. The highest BCUT2D eigenvalue weighted by Crippen LogP contribution is 2.04. The zero-order valence-corrected chi connectivity index (χ0v) is 7.68. The van der Waals surface area contributed by atoms with Gasteiger partial charge in [-0.05, 0) is 6.08 Å². The summed E-state index contributed by atoms with van der Waals surface area (Å²) < 4.78 is 0. The van der Waals surface area contributed by atoms with Gasteiger partial charge in [0.25, 0.3) is 0 Å². The molecule has 0 bridgehead atoms. The molecule has 0 fully saturated rings. The normalized spacial score (nSPS) is 11.4. The Balaban J connectivity index is 2.75. The van der Waals surface area contributed by atoms with Crippen molar-refractivity contribution in [3.63, 3.8) is 0 Å². The lowest BCUT2D eigenvalue weighted by atomic mass is 10.2. The number of aliphatic hydroxyl groups is 1. The summed E-state index contributed by atoms with van der Waals surface area (Å²) in [6.07, 6.45) is 3.11. The molecule has 70 valence electrons. The third-order valence-corrected chi connectivity index (χ3v) is 1.40. The molecule has 0 radical (unpaired) electrons. The first kappa shape index (κ1) is 9.73. The highest BCUT2D eigenvalue weighted by molar-refractivity contribution is 5.37. The Hall–Kier alpha value is -1.36. The Kier molecular flexibility index (Phi) is 3.45. The summed E-state index contributed by atoms with van der Waals surface area (Å²) in [6.45, 7) is 3.92. The van der Waals surface area contributed by atoms with Crippen LogP contribution in [0.5, 0.6) is 0 Å². The van der Waals surface area contributed by atoms with Crippen LogP contribution in [-0.2, 0) is 0 Å². The van der Waals surface area contributed by atoms with Gasteiger partial charge in [0.05, 0.1) is 6.61 Å². The van der Waals surface area contributed by atoms with Crippen molar-refractivity contribution in [2.24, 2.45) is 0 Å². The van der Waals surface area contributed by atoms with Crippen LogP contribution in [0.4, 0.5) is 0 Å². The molecule has 0 saturated carbocycles. The van der Waals surface area contributed by atoms with Crippen molar-refractivity contribution in [1.82, 2.24) is 20.4 Å². The molecule has 0 aliphatic rings. The van der Waals surface area contributed by atoms with Crippen molar-refractivity contribution >= 4 is 6.08 Å². The lowest BCUT2D eigenvalue weighted by Crippen LogP contribution is -2.03. The van der Waals surface area contributed by atoms with Crippen molar-refractivity contribution in [1.29, 1.82) is 0 Å². The molecule has 1 aromatic rings. The minimum atomic E-state index is -0.0324. The fourth-order valence-corrected chi connectivity index (χ4v) is 0.701. The number of hydrogen-bond donors (Lipinski definition) is 1. The predicted molar refractivity (Wildman–Crippen MR) is 47.8 cm³/mol. The van der Waals surface area contributed by atoms with Crippen LogP contribution in [0.1, 0.15) is 31.4 Å². The van der Waals surface area contributed by atoms with Crippen LogP contribution in [0, 0.1) is 0 Å². The van der Waals surface area contributed by atoms with Crippen molar-refractivity contribution < 1.29 is 5.11 Å². The average molecular weight is 180 g/mol. The Morgan fingerprint density at radius 3 is 2.31 bits per heavy atom. The van der Waals surface area contributed by atoms with Gasteiger partial charge in [0.15, 0.2) is 11.6 Å². The maximum Gasteiger partial charge on any atom is 0.196 e. The van der Waals surface area contributed by atoms with Gasteiger partial charge in [0, 0.05) is 5.92 Å². The van der Waals surface area contributed by atoms with E-state index in [4.69, 9.17) is 5.11 Å². The number of nitrogens with zero attached hydrogens (tertiary/aromatic N) is 4. The van der Waals surface area contributed by atoms with Gasteiger partial charge in [-0.1, -0.05) is 19.9 Å². The topological polar surface area (TPSA) is 71.8 Å². The van der Waals surface area contributed by atoms with E-state index in [1.165, 1.54) is 6.08 Å². The number of aromatic nitrogens is 4. The molecule has 0 aliphatic heterocycles. The first-order valence-corrected chi connectivity index (χ1v) is 4.08. The Labute approximate surface area is 76.5 Å². The van der Waals surface area contributed by atoms with Crippen LogP contribution < -0.4 is 0 Å². The molecular formula is C8H12N4O. The van der Waals surface area contributed by atoms with E-state index in [1.54, 1.807) is 6.08 Å². The maximum atomic E-state index is 8.49. The second-order valence-corrected chi connectivity index (χ2v) is 2.86. The average Bonchev–Trinajstić information content (AvgIpc) is 2.15. The zero-order valence-electron chi connectivity index (χ0n) is 7.68. The van der Waals surface area contributed by atoms with Gasteiger partial charge in [-0.15, -0.1) is 20.4 Å². The molecule has 0 spiro atoms. The smallest absolute Gasteiger partial charge is 0.196 e. The summed E-state index contributed by atoms with van der Waals surface area (Å²) in [5.41, 5.74) is 0. The molecule has 0 unspecified atom stereocenters. The summed E-state index contributed by atoms with van der Waals surface area (Å²) in [7, 11) is 0. The quantitative estimate of drug-likeness (QED) is 0.728. The fourth-order valence-electron chi connectivity index (χ4n) is 0.701. The fraction of sp³-hybridized carbons (Fsp3) is 0.500. The van der Waals surface area contributed by atoms with Crippen molar-refractivity contribution in [3.8, 4) is 0 Å². The van der Waals surface area contributed by atoms with Gasteiger partial charge in [0.1, 0.15) is 0 Å². The lowest BCUT2D eigenvalue weighted by molar-refractivity contribution is 0.343. The maximum absolute atomic E-state index is 8.49. The van der Waals surface area contributed by atoms with E-state index in [9.17, 15) is 0 Å². The molecule has 5 nitrogen and oxygen atoms in total.